The maximum absolute atomic E-state index is 12.7. The summed E-state index contributed by atoms with van der Waals surface area (Å²) in [5.74, 6) is 0.840. The van der Waals surface area contributed by atoms with Crippen LogP contribution < -0.4 is 19.5 Å². The molecule has 3 rings (SSSR count). The zero-order valence-corrected chi connectivity index (χ0v) is 16.7. The van der Waals surface area contributed by atoms with Gasteiger partial charge >= 0.3 is 0 Å². The van der Waals surface area contributed by atoms with Gasteiger partial charge in [-0.05, 0) is 47.5 Å². The molecule has 1 amide bonds. The standard InChI is InChI=1S/C22H20N2O6/c1-28-19-12-16(13-20(29-2)21(19)30-3)22(25)23-17-8-4-14(5-9-17)15-6-10-18(11-7-15)24(26)27/h4-13H,1-3H3,(H,23,25). The minimum Gasteiger partial charge on any atom is -0.493 e. The molecule has 3 aromatic rings. The zero-order chi connectivity index (χ0) is 21.7. The quantitative estimate of drug-likeness (QED) is 0.455. The summed E-state index contributed by atoms with van der Waals surface area (Å²) < 4.78 is 15.8. The smallest absolute Gasteiger partial charge is 0.269 e. The molecule has 0 saturated heterocycles. The molecule has 0 atom stereocenters. The Bertz CT molecular complexity index is 1040. The van der Waals surface area contributed by atoms with Crippen molar-refractivity contribution >= 4 is 17.3 Å². The number of nitrogens with one attached hydrogen (secondary N) is 1. The lowest BCUT2D eigenvalue weighted by molar-refractivity contribution is -0.384. The first-order valence-electron chi connectivity index (χ1n) is 8.93. The number of nitro groups is 1. The summed E-state index contributed by atoms with van der Waals surface area (Å²) in [6, 6.07) is 16.6. The summed E-state index contributed by atoms with van der Waals surface area (Å²) in [5, 5.41) is 13.6. The van der Waals surface area contributed by atoms with Crippen LogP contribution in [0.25, 0.3) is 11.1 Å². The van der Waals surface area contributed by atoms with Crippen molar-refractivity contribution in [3.8, 4) is 28.4 Å². The van der Waals surface area contributed by atoms with E-state index in [9.17, 15) is 14.9 Å². The topological polar surface area (TPSA) is 99.9 Å². The van der Waals surface area contributed by atoms with E-state index in [1.807, 2.05) is 12.1 Å². The number of non-ortho nitro benzene ring substituents is 1. The molecule has 0 bridgehead atoms. The van der Waals surface area contributed by atoms with Crippen LogP contribution in [0.15, 0.2) is 60.7 Å². The third-order valence-electron chi connectivity index (χ3n) is 4.48. The lowest BCUT2D eigenvalue weighted by atomic mass is 10.0. The second-order valence-electron chi connectivity index (χ2n) is 6.25. The van der Waals surface area contributed by atoms with Gasteiger partial charge in [0, 0.05) is 23.4 Å². The average molecular weight is 408 g/mol. The first-order chi connectivity index (χ1) is 14.5. The fourth-order valence-corrected chi connectivity index (χ4v) is 2.94. The molecule has 8 heteroatoms. The van der Waals surface area contributed by atoms with E-state index in [0.717, 1.165) is 11.1 Å². The van der Waals surface area contributed by atoms with Crippen molar-refractivity contribution in [3.05, 3.63) is 76.3 Å². The van der Waals surface area contributed by atoms with Crippen LogP contribution in [0.5, 0.6) is 17.2 Å². The van der Waals surface area contributed by atoms with Crippen molar-refractivity contribution in [2.24, 2.45) is 0 Å². The van der Waals surface area contributed by atoms with Crippen LogP contribution in [-0.2, 0) is 0 Å². The van der Waals surface area contributed by atoms with Crippen LogP contribution in [0.4, 0.5) is 11.4 Å². The minimum absolute atomic E-state index is 0.0352. The fourth-order valence-electron chi connectivity index (χ4n) is 2.94. The number of ether oxygens (including phenoxy) is 3. The maximum Gasteiger partial charge on any atom is 0.269 e. The number of methoxy groups -OCH3 is 3. The van der Waals surface area contributed by atoms with Crippen molar-refractivity contribution in [3.63, 3.8) is 0 Å². The number of nitro benzene ring substituents is 1. The van der Waals surface area contributed by atoms with E-state index in [0.29, 0.717) is 28.5 Å². The SMILES string of the molecule is COc1cc(C(=O)Nc2ccc(-c3ccc([N+](=O)[O-])cc3)cc2)cc(OC)c1OC. The Kier molecular flexibility index (Phi) is 6.17. The number of rotatable bonds is 7. The van der Waals surface area contributed by atoms with Gasteiger partial charge in [0.25, 0.3) is 11.6 Å². The first-order valence-corrected chi connectivity index (χ1v) is 8.93. The Labute approximate surface area is 173 Å². The molecule has 154 valence electrons. The van der Waals surface area contributed by atoms with Crippen molar-refractivity contribution in [2.75, 3.05) is 26.6 Å². The molecule has 0 unspecified atom stereocenters. The number of carbonyl (C=O) groups excluding carboxylic acids is 1. The molecule has 0 aliphatic rings. The molecular weight excluding hydrogens is 388 g/mol. The van der Waals surface area contributed by atoms with Gasteiger partial charge in [0.1, 0.15) is 0 Å². The molecule has 8 nitrogen and oxygen atoms in total. The molecular formula is C22H20N2O6. The number of hydrogen-bond donors (Lipinski definition) is 1. The van der Waals surface area contributed by atoms with Gasteiger partial charge in [-0.2, -0.15) is 0 Å². The normalized spacial score (nSPS) is 10.2. The van der Waals surface area contributed by atoms with Crippen molar-refractivity contribution in [1.29, 1.82) is 0 Å². The van der Waals surface area contributed by atoms with E-state index in [1.54, 1.807) is 36.4 Å². The summed E-state index contributed by atoms with van der Waals surface area (Å²) in [4.78, 5) is 23.0. The second kappa shape index (κ2) is 8.95. The van der Waals surface area contributed by atoms with Crippen molar-refractivity contribution in [2.45, 2.75) is 0 Å². The molecule has 0 saturated carbocycles. The Morgan fingerprint density at radius 2 is 1.33 bits per heavy atom. The van der Waals surface area contributed by atoms with E-state index in [1.165, 1.54) is 33.5 Å². The van der Waals surface area contributed by atoms with Crippen molar-refractivity contribution < 1.29 is 23.9 Å². The monoisotopic (exact) mass is 408 g/mol. The van der Waals surface area contributed by atoms with Crippen molar-refractivity contribution in [1.82, 2.24) is 0 Å². The number of anilines is 1. The van der Waals surface area contributed by atoms with E-state index in [2.05, 4.69) is 5.32 Å². The highest BCUT2D eigenvalue weighted by Gasteiger charge is 2.17. The summed E-state index contributed by atoms with van der Waals surface area (Å²) in [7, 11) is 4.46. The number of hydrogen-bond acceptors (Lipinski definition) is 6. The molecule has 30 heavy (non-hydrogen) atoms. The van der Waals surface area contributed by atoms with E-state index < -0.39 is 4.92 Å². The van der Waals surface area contributed by atoms with E-state index in [4.69, 9.17) is 14.2 Å². The van der Waals surface area contributed by atoms with Crippen LogP contribution in [0, 0.1) is 10.1 Å². The van der Waals surface area contributed by atoms with Gasteiger partial charge in [-0.3, -0.25) is 14.9 Å². The fraction of sp³-hybridized carbons (Fsp3) is 0.136. The highest BCUT2D eigenvalue weighted by molar-refractivity contribution is 6.05. The van der Waals surface area contributed by atoms with Gasteiger partial charge < -0.3 is 19.5 Å². The summed E-state index contributed by atoms with van der Waals surface area (Å²) in [5.41, 5.74) is 2.69. The summed E-state index contributed by atoms with van der Waals surface area (Å²) >= 11 is 0. The molecule has 3 aromatic carbocycles. The number of carbonyl (C=O) groups is 1. The van der Waals surface area contributed by atoms with Gasteiger partial charge in [-0.25, -0.2) is 0 Å². The predicted molar refractivity (Wildman–Crippen MR) is 113 cm³/mol. The van der Waals surface area contributed by atoms with Crippen LogP contribution in [0.2, 0.25) is 0 Å². The Hall–Kier alpha value is -4.07. The van der Waals surface area contributed by atoms with E-state index >= 15 is 0 Å². The summed E-state index contributed by atoms with van der Waals surface area (Å²) in [6.07, 6.45) is 0. The second-order valence-corrected chi connectivity index (χ2v) is 6.25. The van der Waals surface area contributed by atoms with Gasteiger partial charge in [-0.15, -0.1) is 0 Å². The zero-order valence-electron chi connectivity index (χ0n) is 16.7. The lowest BCUT2D eigenvalue weighted by Gasteiger charge is -2.14. The molecule has 0 aliphatic heterocycles. The highest BCUT2D eigenvalue weighted by atomic mass is 16.6. The molecule has 0 aromatic heterocycles. The predicted octanol–water partition coefficient (Wildman–Crippen LogP) is 4.54. The number of amides is 1. The summed E-state index contributed by atoms with van der Waals surface area (Å²) in [6.45, 7) is 0. The molecule has 0 spiro atoms. The van der Waals surface area contributed by atoms with Crippen LogP contribution in [0.1, 0.15) is 10.4 Å². The van der Waals surface area contributed by atoms with Crippen LogP contribution in [-0.4, -0.2) is 32.2 Å². The average Bonchev–Trinajstić information content (AvgIpc) is 2.78. The van der Waals surface area contributed by atoms with E-state index in [-0.39, 0.29) is 11.6 Å². The molecule has 0 heterocycles. The maximum atomic E-state index is 12.7. The lowest BCUT2D eigenvalue weighted by Crippen LogP contribution is -2.12. The number of nitrogens with zero attached hydrogens (tertiary/aromatic N) is 1. The Morgan fingerprint density at radius 1 is 0.833 bits per heavy atom. The molecule has 0 aliphatic carbocycles. The van der Waals surface area contributed by atoms with Crippen LogP contribution in [0.3, 0.4) is 0 Å². The van der Waals surface area contributed by atoms with Gasteiger partial charge in [0.05, 0.1) is 26.3 Å². The molecule has 0 radical (unpaired) electrons. The number of benzene rings is 3. The third kappa shape index (κ3) is 4.33. The van der Waals surface area contributed by atoms with Crippen LogP contribution >= 0.6 is 0 Å². The van der Waals surface area contributed by atoms with Gasteiger partial charge in [0.2, 0.25) is 5.75 Å². The Morgan fingerprint density at radius 3 is 1.77 bits per heavy atom. The first kappa shape index (κ1) is 20.7. The largest absolute Gasteiger partial charge is 0.493 e. The minimum atomic E-state index is -0.439. The highest BCUT2D eigenvalue weighted by Crippen LogP contribution is 2.38. The molecule has 0 fully saturated rings. The van der Waals surface area contributed by atoms with Gasteiger partial charge in [0.15, 0.2) is 11.5 Å². The third-order valence-corrected chi connectivity index (χ3v) is 4.48. The molecule has 1 N–H and O–H groups in total. The Balaban J connectivity index is 1.78. The van der Waals surface area contributed by atoms with Gasteiger partial charge in [-0.1, -0.05) is 12.1 Å².